The molecule has 0 saturated heterocycles. The molecule has 5 N–H and O–H groups in total. The van der Waals surface area contributed by atoms with Gasteiger partial charge in [-0.25, -0.2) is 4.98 Å². The number of aryl methyl sites for hydroxylation is 1. The third kappa shape index (κ3) is 4.72. The SMILES string of the molecule is Cc1ccc2c(c1)Sc1ccc3ccccc3c1N2.Nc1nc2c(ncn2COCCO)c(=O)[nH]1. The lowest BCUT2D eigenvalue weighted by atomic mass is 10.1. The van der Waals surface area contributed by atoms with E-state index in [0.717, 1.165) is 0 Å². The molecule has 0 fully saturated rings. The van der Waals surface area contributed by atoms with Gasteiger partial charge >= 0.3 is 0 Å². The van der Waals surface area contributed by atoms with Crippen LogP contribution in [-0.2, 0) is 11.5 Å². The van der Waals surface area contributed by atoms with Crippen molar-refractivity contribution in [1.29, 1.82) is 0 Å². The van der Waals surface area contributed by atoms with E-state index in [4.69, 9.17) is 15.6 Å². The van der Waals surface area contributed by atoms with E-state index in [1.165, 1.54) is 48.4 Å². The van der Waals surface area contributed by atoms with E-state index in [1.807, 2.05) is 11.8 Å². The average molecular weight is 489 g/mol. The summed E-state index contributed by atoms with van der Waals surface area (Å²) in [6, 6.07) is 19.5. The van der Waals surface area contributed by atoms with Crippen LogP contribution in [0.4, 0.5) is 17.3 Å². The first kappa shape index (κ1) is 22.9. The van der Waals surface area contributed by atoms with Crippen LogP contribution in [0, 0.1) is 6.92 Å². The van der Waals surface area contributed by atoms with Crippen molar-refractivity contribution in [2.45, 2.75) is 23.4 Å². The van der Waals surface area contributed by atoms with Gasteiger partial charge in [-0.15, -0.1) is 0 Å². The van der Waals surface area contributed by atoms with E-state index < -0.39 is 0 Å². The lowest BCUT2D eigenvalue weighted by molar-refractivity contribution is 0.0499. The van der Waals surface area contributed by atoms with Crippen molar-refractivity contribution < 1.29 is 9.84 Å². The quantitative estimate of drug-likeness (QED) is 0.274. The molecular formula is C25H24N6O3S. The lowest BCUT2D eigenvalue weighted by Gasteiger charge is -2.22. The number of anilines is 3. The first-order valence-corrected chi connectivity index (χ1v) is 11.8. The summed E-state index contributed by atoms with van der Waals surface area (Å²) in [6.07, 6.45) is 1.43. The molecule has 0 amide bonds. The molecule has 0 saturated carbocycles. The molecule has 0 aliphatic carbocycles. The zero-order valence-corrected chi connectivity index (χ0v) is 19.8. The number of aliphatic hydroxyl groups is 1. The van der Waals surface area contributed by atoms with E-state index in [0.29, 0.717) is 5.65 Å². The number of aliphatic hydroxyl groups excluding tert-OH is 1. The predicted molar refractivity (Wildman–Crippen MR) is 138 cm³/mol. The molecule has 5 aromatic rings. The number of aromatic amines is 1. The number of ether oxygens (including phenoxy) is 1. The molecule has 2 aromatic heterocycles. The summed E-state index contributed by atoms with van der Waals surface area (Å²) in [5.41, 5.74) is 9.35. The van der Waals surface area contributed by atoms with Crippen LogP contribution in [0.1, 0.15) is 5.56 Å². The number of benzene rings is 3. The number of rotatable bonds is 4. The molecule has 9 nitrogen and oxygen atoms in total. The van der Waals surface area contributed by atoms with Crippen molar-refractivity contribution in [3.05, 3.63) is 76.8 Å². The maximum atomic E-state index is 11.4. The van der Waals surface area contributed by atoms with Crippen molar-refractivity contribution in [1.82, 2.24) is 19.5 Å². The molecular weight excluding hydrogens is 464 g/mol. The van der Waals surface area contributed by atoms with Gasteiger partial charge in [0.25, 0.3) is 5.56 Å². The Hall–Kier alpha value is -3.86. The van der Waals surface area contributed by atoms with E-state index in [-0.39, 0.29) is 37.0 Å². The van der Waals surface area contributed by atoms with Gasteiger partial charge < -0.3 is 20.9 Å². The monoisotopic (exact) mass is 488 g/mol. The van der Waals surface area contributed by atoms with Crippen LogP contribution in [-0.4, -0.2) is 37.8 Å². The highest BCUT2D eigenvalue weighted by Crippen LogP contribution is 2.47. The summed E-state index contributed by atoms with van der Waals surface area (Å²) in [4.78, 5) is 24.2. The Morgan fingerprint density at radius 1 is 1.14 bits per heavy atom. The fourth-order valence-corrected chi connectivity index (χ4v) is 4.94. The Bertz CT molecular complexity index is 1580. The van der Waals surface area contributed by atoms with Crippen LogP contribution in [0.25, 0.3) is 21.9 Å². The van der Waals surface area contributed by atoms with Crippen molar-refractivity contribution >= 4 is 51.0 Å². The third-order valence-corrected chi connectivity index (χ3v) is 6.58. The summed E-state index contributed by atoms with van der Waals surface area (Å²) in [5, 5.41) is 14.7. The van der Waals surface area contributed by atoms with E-state index in [1.54, 1.807) is 0 Å². The van der Waals surface area contributed by atoms with Crippen molar-refractivity contribution in [3.63, 3.8) is 0 Å². The van der Waals surface area contributed by atoms with E-state index in [9.17, 15) is 4.79 Å². The van der Waals surface area contributed by atoms with Gasteiger partial charge in [0.05, 0.1) is 30.9 Å². The summed E-state index contributed by atoms with van der Waals surface area (Å²) in [6.45, 7) is 2.44. The number of hydrogen-bond donors (Lipinski definition) is 4. The van der Waals surface area contributed by atoms with Crippen molar-refractivity contribution in [2.24, 2.45) is 0 Å². The number of hydrogen-bond acceptors (Lipinski definition) is 8. The molecule has 35 heavy (non-hydrogen) atoms. The van der Waals surface area contributed by atoms with Gasteiger partial charge in [-0.1, -0.05) is 48.2 Å². The molecule has 0 radical (unpaired) electrons. The Balaban J connectivity index is 0.000000148. The molecule has 0 bridgehead atoms. The molecule has 178 valence electrons. The second kappa shape index (κ2) is 9.79. The molecule has 1 aliphatic rings. The van der Waals surface area contributed by atoms with Gasteiger partial charge in [-0.2, -0.15) is 4.98 Å². The van der Waals surface area contributed by atoms with E-state index >= 15 is 0 Å². The smallest absolute Gasteiger partial charge is 0.280 e. The minimum absolute atomic E-state index is 0.0291. The Labute approximate surface area is 205 Å². The number of nitrogen functional groups attached to an aromatic ring is 1. The standard InChI is InChI=1S/C17H13NS.C8H11N5O3/c1-11-6-8-14-16(10-11)19-15-9-7-12-4-2-3-5-13(12)17(15)18-14;9-8-11-6-5(7(15)12-8)10-3-13(6)4-16-2-1-14/h2-10,18H,1H3;3,14H,1-2,4H2,(H3,9,11,12,15). The van der Waals surface area contributed by atoms with Crippen LogP contribution in [0.15, 0.2) is 75.5 Å². The molecule has 3 aromatic carbocycles. The molecule has 10 heteroatoms. The van der Waals surface area contributed by atoms with Crippen LogP contribution in [0.3, 0.4) is 0 Å². The highest BCUT2D eigenvalue weighted by Gasteiger charge is 2.17. The van der Waals surface area contributed by atoms with Gasteiger partial charge in [-0.05, 0) is 36.1 Å². The van der Waals surface area contributed by atoms with Crippen molar-refractivity contribution in [3.8, 4) is 0 Å². The van der Waals surface area contributed by atoms with Crippen LogP contribution >= 0.6 is 11.8 Å². The fourth-order valence-electron chi connectivity index (χ4n) is 3.83. The highest BCUT2D eigenvalue weighted by molar-refractivity contribution is 7.99. The second-order valence-corrected chi connectivity index (χ2v) is 9.07. The van der Waals surface area contributed by atoms with Crippen molar-refractivity contribution in [2.75, 3.05) is 24.3 Å². The van der Waals surface area contributed by atoms with Gasteiger partial charge in [0.2, 0.25) is 5.95 Å². The topological polar surface area (TPSA) is 131 Å². The fraction of sp³-hybridized carbons (Fsp3) is 0.160. The maximum Gasteiger partial charge on any atom is 0.280 e. The first-order chi connectivity index (χ1) is 17.0. The average Bonchev–Trinajstić information content (AvgIpc) is 3.26. The van der Waals surface area contributed by atoms with Gasteiger partial charge in [0, 0.05) is 15.2 Å². The van der Waals surface area contributed by atoms with Gasteiger partial charge in [0.1, 0.15) is 6.73 Å². The molecule has 1 aliphatic heterocycles. The molecule has 6 rings (SSSR count). The summed E-state index contributed by atoms with van der Waals surface area (Å²) in [7, 11) is 0. The van der Waals surface area contributed by atoms with Crippen LogP contribution < -0.4 is 16.6 Å². The lowest BCUT2D eigenvalue weighted by Crippen LogP contribution is -2.13. The Kier molecular flexibility index (Phi) is 6.41. The highest BCUT2D eigenvalue weighted by atomic mass is 32.2. The summed E-state index contributed by atoms with van der Waals surface area (Å²) in [5.74, 6) is 0.0291. The number of nitrogens with zero attached hydrogens (tertiary/aromatic N) is 3. The van der Waals surface area contributed by atoms with Crippen LogP contribution in [0.2, 0.25) is 0 Å². The van der Waals surface area contributed by atoms with Crippen LogP contribution in [0.5, 0.6) is 0 Å². The number of aromatic nitrogens is 4. The van der Waals surface area contributed by atoms with Gasteiger partial charge in [-0.3, -0.25) is 14.3 Å². The third-order valence-electron chi connectivity index (χ3n) is 5.47. The zero-order chi connectivity index (χ0) is 24.4. The molecule has 3 heterocycles. The Morgan fingerprint density at radius 3 is 2.86 bits per heavy atom. The summed E-state index contributed by atoms with van der Waals surface area (Å²) >= 11 is 1.85. The maximum absolute atomic E-state index is 11.4. The number of nitrogens with one attached hydrogen (secondary N) is 2. The summed E-state index contributed by atoms with van der Waals surface area (Å²) < 4.78 is 6.63. The number of fused-ring (bicyclic) bond motifs is 5. The zero-order valence-electron chi connectivity index (χ0n) is 19.0. The molecule has 0 unspecified atom stereocenters. The number of H-pyrrole nitrogens is 1. The minimum atomic E-state index is -0.386. The minimum Gasteiger partial charge on any atom is -0.394 e. The van der Waals surface area contributed by atoms with E-state index in [2.05, 4.69) is 81.8 Å². The predicted octanol–water partition coefficient (Wildman–Crippen LogP) is 4.02. The first-order valence-electron chi connectivity index (χ1n) is 11.0. The molecule has 0 spiro atoms. The number of imidazole rings is 1. The normalized spacial score (nSPS) is 11.9. The molecule has 0 atom stereocenters. The largest absolute Gasteiger partial charge is 0.394 e. The second-order valence-electron chi connectivity index (χ2n) is 7.99. The Morgan fingerprint density at radius 2 is 2.00 bits per heavy atom. The van der Waals surface area contributed by atoms with Gasteiger partial charge in [0.15, 0.2) is 11.2 Å². The number of nitrogens with two attached hydrogens (primary N) is 1.